The molecule has 0 bridgehead atoms. The van der Waals surface area contributed by atoms with E-state index in [0.717, 1.165) is 52.9 Å². The number of aromatic hydroxyl groups is 1. The molecule has 4 nitrogen and oxygen atoms in total. The lowest BCUT2D eigenvalue weighted by Gasteiger charge is -2.27. The van der Waals surface area contributed by atoms with Crippen LogP contribution in [0.1, 0.15) is 88.1 Å². The van der Waals surface area contributed by atoms with Gasteiger partial charge in [-0.25, -0.2) is 0 Å². The SMILES string of the molecule is C=C1C(c2ccc(OC)cc2)=C(c2cc([C@H](C)CC)c(C)cc2O)Oc2ccccc21.CC.CCC.CO. The molecule has 4 heteroatoms. The molecule has 4 rings (SSSR count). The lowest BCUT2D eigenvalue weighted by molar-refractivity contribution is 0.399. The highest BCUT2D eigenvalue weighted by Gasteiger charge is 2.28. The zero-order valence-corrected chi connectivity index (χ0v) is 24.7. The van der Waals surface area contributed by atoms with Crippen molar-refractivity contribution in [2.45, 2.75) is 67.2 Å². The van der Waals surface area contributed by atoms with Gasteiger partial charge in [-0.3, -0.25) is 0 Å². The number of fused-ring (bicyclic) bond motifs is 1. The predicted octanol–water partition coefficient (Wildman–Crippen LogP) is 9.25. The fraction of sp³-hybridized carbons (Fsp3) is 0.353. The standard InChI is InChI=1S/C28H28O3.C3H8.C2H6.CH4O/c1-6-17(2)23-16-24(25(29)15-18(23)3)28-27(20-11-13-21(30-5)14-12-20)19(4)22-9-7-8-10-26(22)31-28;1-3-2;2*1-2/h7-17,29H,4,6H2,1-3,5H3;3H2,1-2H3;1-2H3;2H,1H3/t17-;;;/m1.../s1. The second-order valence-electron chi connectivity index (χ2n) is 8.75. The first kappa shape index (κ1) is 32.5. The summed E-state index contributed by atoms with van der Waals surface area (Å²) in [5.41, 5.74) is 6.62. The third-order valence-corrected chi connectivity index (χ3v) is 6.10. The molecule has 206 valence electrons. The lowest BCUT2D eigenvalue weighted by Crippen LogP contribution is -2.09. The number of hydrogen-bond acceptors (Lipinski definition) is 4. The first-order valence-electron chi connectivity index (χ1n) is 13.5. The van der Waals surface area contributed by atoms with Crippen LogP contribution < -0.4 is 9.47 Å². The molecule has 0 amide bonds. The summed E-state index contributed by atoms with van der Waals surface area (Å²) in [6, 6.07) is 19.6. The average Bonchev–Trinajstić information content (AvgIpc) is 2.95. The molecule has 0 saturated heterocycles. The number of aryl methyl sites for hydroxylation is 1. The molecule has 1 aliphatic heterocycles. The van der Waals surface area contributed by atoms with E-state index in [4.69, 9.17) is 14.6 Å². The predicted molar refractivity (Wildman–Crippen MR) is 163 cm³/mol. The van der Waals surface area contributed by atoms with Crippen LogP contribution in [0, 0.1) is 6.92 Å². The van der Waals surface area contributed by atoms with E-state index in [9.17, 15) is 5.11 Å². The van der Waals surface area contributed by atoms with Gasteiger partial charge in [0.25, 0.3) is 0 Å². The van der Waals surface area contributed by atoms with E-state index in [2.05, 4.69) is 40.3 Å². The van der Waals surface area contributed by atoms with Gasteiger partial charge in [-0.05, 0) is 71.9 Å². The molecular weight excluding hydrogens is 472 g/mol. The fourth-order valence-electron chi connectivity index (χ4n) is 4.13. The van der Waals surface area contributed by atoms with Gasteiger partial charge in [0.2, 0.25) is 0 Å². The molecule has 1 atom stereocenters. The summed E-state index contributed by atoms with van der Waals surface area (Å²) < 4.78 is 11.8. The van der Waals surface area contributed by atoms with Crippen molar-refractivity contribution in [2.24, 2.45) is 0 Å². The quantitative estimate of drug-likeness (QED) is 0.353. The van der Waals surface area contributed by atoms with Crippen molar-refractivity contribution in [2.75, 3.05) is 14.2 Å². The van der Waals surface area contributed by atoms with Gasteiger partial charge in [-0.2, -0.15) is 0 Å². The molecular formula is C34H46O4. The first-order valence-corrected chi connectivity index (χ1v) is 13.5. The van der Waals surface area contributed by atoms with Crippen LogP contribution in [-0.2, 0) is 0 Å². The Labute approximate surface area is 230 Å². The number of methoxy groups -OCH3 is 1. The third-order valence-electron chi connectivity index (χ3n) is 6.10. The normalized spacial score (nSPS) is 12.3. The zero-order chi connectivity index (χ0) is 28.8. The molecule has 2 N–H and O–H groups in total. The lowest BCUT2D eigenvalue weighted by atomic mass is 9.86. The Hall–Kier alpha value is -3.50. The zero-order valence-electron chi connectivity index (χ0n) is 24.7. The van der Waals surface area contributed by atoms with Gasteiger partial charge in [0.1, 0.15) is 23.0 Å². The molecule has 0 unspecified atom stereocenters. The highest BCUT2D eigenvalue weighted by molar-refractivity contribution is 6.16. The smallest absolute Gasteiger partial charge is 0.146 e. The Morgan fingerprint density at radius 1 is 0.921 bits per heavy atom. The maximum atomic E-state index is 10.9. The highest BCUT2D eigenvalue weighted by Crippen LogP contribution is 2.47. The van der Waals surface area contributed by atoms with Crippen LogP contribution in [0.5, 0.6) is 17.2 Å². The minimum absolute atomic E-state index is 0.206. The summed E-state index contributed by atoms with van der Waals surface area (Å²) in [5.74, 6) is 2.73. The maximum absolute atomic E-state index is 10.9. The van der Waals surface area contributed by atoms with E-state index in [0.29, 0.717) is 17.2 Å². The number of para-hydroxylation sites is 1. The summed E-state index contributed by atoms with van der Waals surface area (Å²) in [4.78, 5) is 0. The third kappa shape index (κ3) is 7.52. The van der Waals surface area contributed by atoms with Crippen LogP contribution in [0.2, 0.25) is 0 Å². The number of hydrogen-bond donors (Lipinski definition) is 2. The van der Waals surface area contributed by atoms with Crippen LogP contribution >= 0.6 is 0 Å². The second kappa shape index (κ2) is 16.4. The van der Waals surface area contributed by atoms with Crippen molar-refractivity contribution in [1.82, 2.24) is 0 Å². The van der Waals surface area contributed by atoms with Gasteiger partial charge in [0.15, 0.2) is 0 Å². The van der Waals surface area contributed by atoms with E-state index in [1.54, 1.807) is 7.11 Å². The Morgan fingerprint density at radius 3 is 2.05 bits per heavy atom. The van der Waals surface area contributed by atoms with E-state index < -0.39 is 0 Å². The molecule has 3 aromatic rings. The van der Waals surface area contributed by atoms with Gasteiger partial charge in [0, 0.05) is 18.2 Å². The van der Waals surface area contributed by atoms with Crippen molar-refractivity contribution in [3.63, 3.8) is 0 Å². The van der Waals surface area contributed by atoms with Crippen molar-refractivity contribution in [1.29, 1.82) is 0 Å². The summed E-state index contributed by atoms with van der Waals surface area (Å²) in [6.07, 6.45) is 2.27. The summed E-state index contributed by atoms with van der Waals surface area (Å²) in [5, 5.41) is 17.9. The van der Waals surface area contributed by atoms with Crippen molar-refractivity contribution in [3.8, 4) is 17.2 Å². The van der Waals surface area contributed by atoms with Crippen LogP contribution in [-0.4, -0.2) is 24.4 Å². The van der Waals surface area contributed by atoms with Crippen LogP contribution in [0.3, 0.4) is 0 Å². The summed E-state index contributed by atoms with van der Waals surface area (Å²) in [6.45, 7) is 19.1. The molecule has 1 aliphatic rings. The number of phenols is 1. The largest absolute Gasteiger partial charge is 0.507 e. The molecule has 1 heterocycles. The van der Waals surface area contributed by atoms with Crippen molar-refractivity contribution < 1.29 is 19.7 Å². The number of allylic oxidation sites excluding steroid dienone is 2. The molecule has 3 aromatic carbocycles. The van der Waals surface area contributed by atoms with E-state index in [1.807, 2.05) is 75.4 Å². The summed E-state index contributed by atoms with van der Waals surface area (Å²) >= 11 is 0. The Kier molecular flexibility index (Phi) is 14.0. The van der Waals surface area contributed by atoms with Crippen molar-refractivity contribution in [3.05, 3.63) is 95.1 Å². The fourth-order valence-corrected chi connectivity index (χ4v) is 4.13. The highest BCUT2D eigenvalue weighted by atomic mass is 16.5. The van der Waals surface area contributed by atoms with E-state index in [1.165, 1.54) is 12.0 Å². The number of aliphatic hydroxyl groups is 1. The van der Waals surface area contributed by atoms with Gasteiger partial charge < -0.3 is 19.7 Å². The Balaban J connectivity index is 0.000000944. The Morgan fingerprint density at radius 2 is 1.50 bits per heavy atom. The molecule has 38 heavy (non-hydrogen) atoms. The van der Waals surface area contributed by atoms with Crippen molar-refractivity contribution >= 4 is 16.9 Å². The number of benzene rings is 3. The topological polar surface area (TPSA) is 58.9 Å². The van der Waals surface area contributed by atoms with E-state index >= 15 is 0 Å². The molecule has 0 spiro atoms. The minimum Gasteiger partial charge on any atom is -0.507 e. The molecule has 0 saturated carbocycles. The first-order chi connectivity index (χ1) is 18.4. The van der Waals surface area contributed by atoms with Gasteiger partial charge in [0.05, 0.1) is 12.7 Å². The number of phenolic OH excluding ortho intramolecular Hbond substituents is 1. The minimum atomic E-state index is 0.206. The molecule has 0 aliphatic carbocycles. The van der Waals surface area contributed by atoms with Gasteiger partial charge in [-0.15, -0.1) is 0 Å². The van der Waals surface area contributed by atoms with Gasteiger partial charge >= 0.3 is 0 Å². The van der Waals surface area contributed by atoms with Crippen LogP contribution in [0.4, 0.5) is 0 Å². The average molecular weight is 519 g/mol. The second-order valence-corrected chi connectivity index (χ2v) is 8.75. The van der Waals surface area contributed by atoms with E-state index in [-0.39, 0.29) is 5.75 Å². The van der Waals surface area contributed by atoms with Gasteiger partial charge in [-0.1, -0.05) is 84.9 Å². The maximum Gasteiger partial charge on any atom is 0.146 e. The Bertz CT molecular complexity index is 1190. The summed E-state index contributed by atoms with van der Waals surface area (Å²) in [7, 11) is 2.65. The monoisotopic (exact) mass is 518 g/mol. The number of ether oxygens (including phenoxy) is 2. The molecule has 0 fully saturated rings. The number of aliphatic hydroxyl groups excluding tert-OH is 1. The molecule has 0 aromatic heterocycles. The van der Waals surface area contributed by atoms with Crippen LogP contribution in [0.25, 0.3) is 16.9 Å². The van der Waals surface area contributed by atoms with Crippen LogP contribution in [0.15, 0.2) is 67.2 Å². The number of rotatable bonds is 5. The molecule has 0 radical (unpaired) electrons.